The molecule has 100 valence electrons. The van der Waals surface area contributed by atoms with Crippen LogP contribution in [0.5, 0.6) is 0 Å². The Kier molecular flexibility index (Phi) is 3.86. The quantitative estimate of drug-likeness (QED) is 0.870. The Balaban J connectivity index is 2.36. The Morgan fingerprint density at radius 2 is 2.00 bits per heavy atom. The molecule has 0 spiro atoms. The lowest BCUT2D eigenvalue weighted by molar-refractivity contribution is 0.595. The summed E-state index contributed by atoms with van der Waals surface area (Å²) < 4.78 is 40.2. The van der Waals surface area contributed by atoms with Gasteiger partial charge in [-0.05, 0) is 53.2 Å². The molecule has 0 atom stereocenters. The van der Waals surface area contributed by atoms with Crippen molar-refractivity contribution in [2.24, 2.45) is 0 Å². The topological polar surface area (TPSA) is 59.1 Å². The number of hydrogen-bond donors (Lipinski definition) is 1. The molecule has 1 aromatic heterocycles. The zero-order valence-corrected chi connectivity index (χ0v) is 12.3. The Bertz CT molecular complexity index is 719. The van der Waals surface area contributed by atoms with Crippen molar-refractivity contribution in [2.45, 2.75) is 11.8 Å². The van der Waals surface area contributed by atoms with Crippen LogP contribution in [0.15, 0.2) is 45.9 Å². The lowest BCUT2D eigenvalue weighted by Gasteiger charge is -2.10. The van der Waals surface area contributed by atoms with Crippen LogP contribution in [0.4, 0.5) is 10.1 Å². The molecule has 0 radical (unpaired) electrons. The minimum absolute atomic E-state index is 0.130. The van der Waals surface area contributed by atoms with Gasteiger partial charge in [0, 0.05) is 0 Å². The molecule has 4 nitrogen and oxygen atoms in total. The van der Waals surface area contributed by atoms with Gasteiger partial charge in [-0.15, -0.1) is 0 Å². The van der Waals surface area contributed by atoms with E-state index in [1.807, 2.05) is 0 Å². The van der Waals surface area contributed by atoms with Crippen molar-refractivity contribution in [3.05, 3.63) is 52.5 Å². The smallest absolute Gasteiger partial charge is 0.262 e. The Morgan fingerprint density at radius 3 is 2.63 bits per heavy atom. The summed E-state index contributed by atoms with van der Waals surface area (Å²) in [5.74, 6) is -0.603. The molecular weight excluding hydrogens is 335 g/mol. The van der Waals surface area contributed by atoms with Crippen molar-refractivity contribution in [3.8, 4) is 0 Å². The van der Waals surface area contributed by atoms with Crippen LogP contribution in [-0.2, 0) is 10.0 Å². The number of pyridine rings is 1. The highest BCUT2D eigenvalue weighted by molar-refractivity contribution is 9.10. The first-order valence-electron chi connectivity index (χ1n) is 5.30. The second-order valence-corrected chi connectivity index (χ2v) is 6.32. The SMILES string of the molecule is Cc1nc(Br)ccc1NS(=O)(=O)c1cccc(F)c1. The maximum Gasteiger partial charge on any atom is 0.262 e. The third-order valence-electron chi connectivity index (χ3n) is 2.40. The van der Waals surface area contributed by atoms with E-state index < -0.39 is 15.8 Å². The van der Waals surface area contributed by atoms with Crippen molar-refractivity contribution in [1.29, 1.82) is 0 Å². The van der Waals surface area contributed by atoms with E-state index in [9.17, 15) is 12.8 Å². The predicted molar refractivity (Wildman–Crippen MR) is 73.9 cm³/mol. The third-order valence-corrected chi connectivity index (χ3v) is 4.21. The second-order valence-electron chi connectivity index (χ2n) is 3.83. The van der Waals surface area contributed by atoms with Crippen LogP contribution in [0.2, 0.25) is 0 Å². The average Bonchev–Trinajstić information content (AvgIpc) is 2.33. The summed E-state index contributed by atoms with van der Waals surface area (Å²) in [4.78, 5) is 3.95. The zero-order chi connectivity index (χ0) is 14.0. The molecule has 0 saturated carbocycles. The van der Waals surface area contributed by atoms with Crippen LogP contribution in [0, 0.1) is 12.7 Å². The summed E-state index contributed by atoms with van der Waals surface area (Å²) in [5.41, 5.74) is 0.877. The molecule has 0 aliphatic heterocycles. The van der Waals surface area contributed by atoms with Crippen molar-refractivity contribution in [2.75, 3.05) is 4.72 Å². The van der Waals surface area contributed by atoms with Gasteiger partial charge in [0.05, 0.1) is 16.3 Å². The molecule has 2 aromatic rings. The zero-order valence-electron chi connectivity index (χ0n) is 9.89. The highest BCUT2D eigenvalue weighted by atomic mass is 79.9. The molecule has 0 aliphatic carbocycles. The van der Waals surface area contributed by atoms with Crippen LogP contribution in [0.3, 0.4) is 0 Å². The lowest BCUT2D eigenvalue weighted by atomic mass is 10.3. The van der Waals surface area contributed by atoms with Gasteiger partial charge in [-0.3, -0.25) is 4.72 Å². The number of aromatic nitrogens is 1. The van der Waals surface area contributed by atoms with E-state index in [0.29, 0.717) is 16.0 Å². The van der Waals surface area contributed by atoms with Crippen LogP contribution in [0.1, 0.15) is 5.69 Å². The summed E-state index contributed by atoms with van der Waals surface area (Å²) in [5, 5.41) is 0. The molecule has 0 fully saturated rings. The second kappa shape index (κ2) is 5.26. The Hall–Kier alpha value is -1.47. The standard InChI is InChI=1S/C12H10BrFN2O2S/c1-8-11(5-6-12(13)15-8)16-19(17,18)10-4-2-3-9(14)7-10/h2-7,16H,1H3. The van der Waals surface area contributed by atoms with E-state index in [2.05, 4.69) is 25.6 Å². The summed E-state index contributed by atoms with van der Waals surface area (Å²) in [6.07, 6.45) is 0. The third kappa shape index (κ3) is 3.30. The van der Waals surface area contributed by atoms with E-state index in [0.717, 1.165) is 6.07 Å². The highest BCUT2D eigenvalue weighted by Crippen LogP contribution is 2.20. The first-order chi connectivity index (χ1) is 8.88. The number of rotatable bonds is 3. The molecule has 2 rings (SSSR count). The molecule has 0 saturated heterocycles. The summed E-state index contributed by atoms with van der Waals surface area (Å²) in [6.45, 7) is 1.67. The van der Waals surface area contributed by atoms with E-state index in [1.165, 1.54) is 18.2 Å². The van der Waals surface area contributed by atoms with Gasteiger partial charge in [0.1, 0.15) is 10.4 Å². The number of halogens is 2. The van der Waals surface area contributed by atoms with Gasteiger partial charge < -0.3 is 0 Å². The maximum absolute atomic E-state index is 13.1. The monoisotopic (exact) mass is 344 g/mol. The van der Waals surface area contributed by atoms with Gasteiger partial charge in [-0.1, -0.05) is 6.07 Å². The van der Waals surface area contributed by atoms with E-state index >= 15 is 0 Å². The van der Waals surface area contributed by atoms with E-state index in [-0.39, 0.29) is 4.90 Å². The fraction of sp³-hybridized carbons (Fsp3) is 0.0833. The molecular formula is C12H10BrFN2O2S. The van der Waals surface area contributed by atoms with Gasteiger partial charge in [0.2, 0.25) is 0 Å². The van der Waals surface area contributed by atoms with Crippen molar-refractivity contribution in [1.82, 2.24) is 4.98 Å². The first kappa shape index (κ1) is 14.0. The minimum Gasteiger partial charge on any atom is -0.278 e. The van der Waals surface area contributed by atoms with Gasteiger partial charge in [0.25, 0.3) is 10.0 Å². The molecule has 0 amide bonds. The van der Waals surface area contributed by atoms with E-state index in [1.54, 1.807) is 19.1 Å². The summed E-state index contributed by atoms with van der Waals surface area (Å²) >= 11 is 3.19. The van der Waals surface area contributed by atoms with Gasteiger partial charge in [-0.2, -0.15) is 0 Å². The van der Waals surface area contributed by atoms with Gasteiger partial charge >= 0.3 is 0 Å². The summed E-state index contributed by atoms with van der Waals surface area (Å²) in [6, 6.07) is 8.03. The normalized spacial score (nSPS) is 11.3. The number of aryl methyl sites for hydroxylation is 1. The summed E-state index contributed by atoms with van der Waals surface area (Å²) in [7, 11) is -3.82. The van der Waals surface area contributed by atoms with Crippen molar-refractivity contribution >= 4 is 31.6 Å². The first-order valence-corrected chi connectivity index (χ1v) is 7.57. The molecule has 0 aliphatic rings. The molecule has 19 heavy (non-hydrogen) atoms. The molecule has 0 bridgehead atoms. The molecule has 1 aromatic carbocycles. The number of sulfonamides is 1. The Morgan fingerprint density at radius 1 is 1.26 bits per heavy atom. The van der Waals surface area contributed by atoms with Gasteiger partial charge in [0.15, 0.2) is 0 Å². The lowest BCUT2D eigenvalue weighted by Crippen LogP contribution is -2.14. The largest absolute Gasteiger partial charge is 0.278 e. The number of benzene rings is 1. The van der Waals surface area contributed by atoms with Crippen molar-refractivity contribution < 1.29 is 12.8 Å². The van der Waals surface area contributed by atoms with Crippen LogP contribution in [-0.4, -0.2) is 13.4 Å². The number of anilines is 1. The Labute approximate surface area is 118 Å². The predicted octanol–water partition coefficient (Wildman–Crippen LogP) is 3.09. The molecule has 7 heteroatoms. The van der Waals surface area contributed by atoms with E-state index in [4.69, 9.17) is 0 Å². The number of nitrogens with zero attached hydrogens (tertiary/aromatic N) is 1. The van der Waals surface area contributed by atoms with Crippen LogP contribution < -0.4 is 4.72 Å². The average molecular weight is 345 g/mol. The maximum atomic E-state index is 13.1. The number of nitrogens with one attached hydrogen (secondary N) is 1. The molecule has 1 heterocycles. The fourth-order valence-electron chi connectivity index (χ4n) is 1.48. The molecule has 0 unspecified atom stereocenters. The van der Waals surface area contributed by atoms with Gasteiger partial charge in [-0.25, -0.2) is 17.8 Å². The fourth-order valence-corrected chi connectivity index (χ4v) is 3.02. The minimum atomic E-state index is -3.82. The van der Waals surface area contributed by atoms with Crippen LogP contribution in [0.25, 0.3) is 0 Å². The van der Waals surface area contributed by atoms with Crippen LogP contribution >= 0.6 is 15.9 Å². The highest BCUT2D eigenvalue weighted by Gasteiger charge is 2.16. The number of hydrogen-bond acceptors (Lipinski definition) is 3. The molecule has 1 N–H and O–H groups in total. The van der Waals surface area contributed by atoms with Crippen molar-refractivity contribution in [3.63, 3.8) is 0 Å².